The minimum atomic E-state index is -0.547. The Morgan fingerprint density at radius 1 is 1.47 bits per heavy atom. The SMILES string of the molecule is COC(=O)C(NC(=O)CC1CCCN1)C(C)C. The summed E-state index contributed by atoms with van der Waals surface area (Å²) in [6.07, 6.45) is 2.57. The van der Waals surface area contributed by atoms with Gasteiger partial charge in [0.2, 0.25) is 5.91 Å². The van der Waals surface area contributed by atoms with Gasteiger partial charge in [-0.05, 0) is 25.3 Å². The van der Waals surface area contributed by atoms with Gasteiger partial charge in [0.1, 0.15) is 6.04 Å². The first-order chi connectivity index (χ1) is 8.04. The topological polar surface area (TPSA) is 67.4 Å². The molecule has 0 spiro atoms. The van der Waals surface area contributed by atoms with E-state index >= 15 is 0 Å². The van der Waals surface area contributed by atoms with Crippen molar-refractivity contribution in [2.75, 3.05) is 13.7 Å². The van der Waals surface area contributed by atoms with Crippen molar-refractivity contribution in [2.24, 2.45) is 5.92 Å². The highest BCUT2D eigenvalue weighted by Gasteiger charge is 2.26. The van der Waals surface area contributed by atoms with Crippen molar-refractivity contribution in [3.05, 3.63) is 0 Å². The van der Waals surface area contributed by atoms with Crippen LogP contribution in [0.1, 0.15) is 33.1 Å². The van der Waals surface area contributed by atoms with Crippen molar-refractivity contribution in [3.8, 4) is 0 Å². The summed E-state index contributed by atoms with van der Waals surface area (Å²) >= 11 is 0. The summed E-state index contributed by atoms with van der Waals surface area (Å²) in [4.78, 5) is 23.2. The van der Waals surface area contributed by atoms with Gasteiger partial charge in [0.05, 0.1) is 7.11 Å². The van der Waals surface area contributed by atoms with Crippen LogP contribution in [-0.2, 0) is 14.3 Å². The molecular formula is C12H22N2O3. The van der Waals surface area contributed by atoms with Crippen molar-refractivity contribution in [3.63, 3.8) is 0 Å². The number of ether oxygens (including phenoxy) is 1. The lowest BCUT2D eigenvalue weighted by atomic mass is 10.0. The Morgan fingerprint density at radius 3 is 2.65 bits per heavy atom. The highest BCUT2D eigenvalue weighted by atomic mass is 16.5. The van der Waals surface area contributed by atoms with Gasteiger partial charge < -0.3 is 15.4 Å². The van der Waals surface area contributed by atoms with E-state index in [4.69, 9.17) is 0 Å². The first-order valence-corrected chi connectivity index (χ1v) is 6.15. The van der Waals surface area contributed by atoms with Crippen LogP contribution < -0.4 is 10.6 Å². The van der Waals surface area contributed by atoms with E-state index in [0.29, 0.717) is 6.42 Å². The summed E-state index contributed by atoms with van der Waals surface area (Å²) in [5.74, 6) is -0.441. The number of methoxy groups -OCH3 is 1. The minimum absolute atomic E-state index is 0.0305. The normalized spacial score (nSPS) is 21.3. The predicted molar refractivity (Wildman–Crippen MR) is 64.4 cm³/mol. The highest BCUT2D eigenvalue weighted by molar-refractivity contribution is 5.84. The zero-order chi connectivity index (χ0) is 12.8. The smallest absolute Gasteiger partial charge is 0.328 e. The van der Waals surface area contributed by atoms with Crippen LogP contribution in [0.2, 0.25) is 0 Å². The summed E-state index contributed by atoms with van der Waals surface area (Å²) in [5.41, 5.74) is 0. The molecular weight excluding hydrogens is 220 g/mol. The molecule has 2 unspecified atom stereocenters. The van der Waals surface area contributed by atoms with E-state index in [9.17, 15) is 9.59 Å². The van der Waals surface area contributed by atoms with Crippen LogP contribution in [0.25, 0.3) is 0 Å². The van der Waals surface area contributed by atoms with Gasteiger partial charge in [0.25, 0.3) is 0 Å². The number of esters is 1. The van der Waals surface area contributed by atoms with Crippen LogP contribution in [0.5, 0.6) is 0 Å². The zero-order valence-corrected chi connectivity index (χ0v) is 10.8. The number of amides is 1. The molecule has 1 aliphatic heterocycles. The van der Waals surface area contributed by atoms with E-state index in [1.54, 1.807) is 0 Å². The molecule has 1 rings (SSSR count). The average Bonchev–Trinajstić information content (AvgIpc) is 2.77. The van der Waals surface area contributed by atoms with Crippen LogP contribution in [0.4, 0.5) is 0 Å². The van der Waals surface area contributed by atoms with Crippen LogP contribution in [0.3, 0.4) is 0 Å². The van der Waals surface area contributed by atoms with Crippen molar-refractivity contribution in [2.45, 2.75) is 45.2 Å². The number of hydrogen-bond acceptors (Lipinski definition) is 4. The van der Waals surface area contributed by atoms with Crippen molar-refractivity contribution in [1.29, 1.82) is 0 Å². The van der Waals surface area contributed by atoms with Gasteiger partial charge in [-0.2, -0.15) is 0 Å². The lowest BCUT2D eigenvalue weighted by Gasteiger charge is -2.20. The molecule has 0 aromatic rings. The molecule has 1 aliphatic rings. The third-order valence-electron chi connectivity index (χ3n) is 3.03. The maximum Gasteiger partial charge on any atom is 0.328 e. The second-order valence-corrected chi connectivity index (χ2v) is 4.81. The molecule has 1 amide bonds. The largest absolute Gasteiger partial charge is 0.467 e. The van der Waals surface area contributed by atoms with Crippen LogP contribution in [-0.4, -0.2) is 37.6 Å². The molecule has 5 heteroatoms. The van der Waals surface area contributed by atoms with E-state index in [1.807, 2.05) is 13.8 Å². The Labute approximate surface area is 102 Å². The Balaban J connectivity index is 2.43. The van der Waals surface area contributed by atoms with Gasteiger partial charge in [-0.3, -0.25) is 4.79 Å². The summed E-state index contributed by atoms with van der Waals surface area (Å²) < 4.78 is 4.68. The Hall–Kier alpha value is -1.10. The molecule has 0 aromatic heterocycles. The van der Waals surface area contributed by atoms with Gasteiger partial charge in [-0.25, -0.2) is 4.79 Å². The van der Waals surface area contributed by atoms with Gasteiger partial charge in [-0.1, -0.05) is 13.8 Å². The van der Waals surface area contributed by atoms with Gasteiger partial charge in [0.15, 0.2) is 0 Å². The fraction of sp³-hybridized carbons (Fsp3) is 0.833. The molecule has 1 fully saturated rings. The third kappa shape index (κ3) is 4.34. The van der Waals surface area contributed by atoms with E-state index in [1.165, 1.54) is 7.11 Å². The molecule has 2 N–H and O–H groups in total. The molecule has 98 valence electrons. The first kappa shape index (κ1) is 14.0. The maximum atomic E-state index is 11.8. The van der Waals surface area contributed by atoms with E-state index in [0.717, 1.165) is 19.4 Å². The Morgan fingerprint density at radius 2 is 2.18 bits per heavy atom. The molecule has 0 aromatic carbocycles. The molecule has 1 heterocycles. The summed E-state index contributed by atoms with van der Waals surface area (Å²) in [5, 5.41) is 6.00. The quantitative estimate of drug-likeness (QED) is 0.687. The van der Waals surface area contributed by atoms with Crippen LogP contribution in [0, 0.1) is 5.92 Å². The third-order valence-corrected chi connectivity index (χ3v) is 3.03. The first-order valence-electron chi connectivity index (χ1n) is 6.15. The molecule has 17 heavy (non-hydrogen) atoms. The van der Waals surface area contributed by atoms with Crippen molar-refractivity contribution >= 4 is 11.9 Å². The average molecular weight is 242 g/mol. The second-order valence-electron chi connectivity index (χ2n) is 4.81. The summed E-state index contributed by atoms with van der Waals surface area (Å²) in [6.45, 7) is 4.74. The van der Waals surface area contributed by atoms with Gasteiger partial charge in [0, 0.05) is 12.5 Å². The summed E-state index contributed by atoms with van der Waals surface area (Å²) in [7, 11) is 1.34. The fourth-order valence-corrected chi connectivity index (χ4v) is 2.01. The van der Waals surface area contributed by atoms with Crippen molar-refractivity contribution < 1.29 is 14.3 Å². The molecule has 0 saturated carbocycles. The van der Waals surface area contributed by atoms with Crippen molar-refractivity contribution in [1.82, 2.24) is 10.6 Å². The van der Waals surface area contributed by atoms with Gasteiger partial charge in [-0.15, -0.1) is 0 Å². The molecule has 0 aliphatic carbocycles. The van der Waals surface area contributed by atoms with E-state index in [2.05, 4.69) is 15.4 Å². The zero-order valence-electron chi connectivity index (χ0n) is 10.8. The van der Waals surface area contributed by atoms with E-state index in [-0.39, 0.29) is 23.8 Å². The lowest BCUT2D eigenvalue weighted by Crippen LogP contribution is -2.46. The Kier molecular flexibility index (Phi) is 5.41. The Bertz CT molecular complexity index is 273. The predicted octanol–water partition coefficient (Wildman–Crippen LogP) is 0.442. The molecule has 1 saturated heterocycles. The molecule has 2 atom stereocenters. The highest BCUT2D eigenvalue weighted by Crippen LogP contribution is 2.10. The molecule has 5 nitrogen and oxygen atoms in total. The summed E-state index contributed by atoms with van der Waals surface area (Å²) in [6, 6.07) is -0.297. The van der Waals surface area contributed by atoms with Crippen LogP contribution >= 0.6 is 0 Å². The molecule has 0 bridgehead atoms. The minimum Gasteiger partial charge on any atom is -0.467 e. The standard InChI is InChI=1S/C12H22N2O3/c1-8(2)11(12(16)17-3)14-10(15)7-9-5-4-6-13-9/h8-9,11,13H,4-7H2,1-3H3,(H,14,15). The number of hydrogen-bond donors (Lipinski definition) is 2. The number of carbonyl (C=O) groups excluding carboxylic acids is 2. The maximum absolute atomic E-state index is 11.8. The molecule has 0 radical (unpaired) electrons. The van der Waals surface area contributed by atoms with Crippen LogP contribution in [0.15, 0.2) is 0 Å². The number of carbonyl (C=O) groups is 2. The second kappa shape index (κ2) is 6.59. The monoisotopic (exact) mass is 242 g/mol. The number of rotatable bonds is 5. The fourth-order valence-electron chi connectivity index (χ4n) is 2.01. The lowest BCUT2D eigenvalue weighted by molar-refractivity contribution is -0.146. The van der Waals surface area contributed by atoms with E-state index < -0.39 is 6.04 Å². The van der Waals surface area contributed by atoms with Gasteiger partial charge >= 0.3 is 5.97 Å². The number of nitrogens with one attached hydrogen (secondary N) is 2.